The van der Waals surface area contributed by atoms with Gasteiger partial charge in [0.1, 0.15) is 0 Å². The smallest absolute Gasteiger partial charge is 0.333 e. The molecule has 0 aromatic heterocycles. The van der Waals surface area contributed by atoms with E-state index in [-0.39, 0.29) is 18.4 Å². The van der Waals surface area contributed by atoms with E-state index in [1.807, 2.05) is 26.8 Å². The van der Waals surface area contributed by atoms with E-state index < -0.39 is 5.41 Å². The van der Waals surface area contributed by atoms with Crippen LogP contribution in [0, 0.1) is 5.41 Å². The third-order valence-corrected chi connectivity index (χ3v) is 2.75. The molecule has 0 radical (unpaired) electrons. The summed E-state index contributed by atoms with van der Waals surface area (Å²) >= 11 is 0. The van der Waals surface area contributed by atoms with Crippen molar-refractivity contribution >= 4 is 11.8 Å². The van der Waals surface area contributed by atoms with Gasteiger partial charge in [-0.25, -0.2) is 4.79 Å². The van der Waals surface area contributed by atoms with Crippen molar-refractivity contribution in [3.8, 4) is 0 Å². The van der Waals surface area contributed by atoms with Crippen molar-refractivity contribution < 1.29 is 14.3 Å². The average Bonchev–Trinajstić information content (AvgIpc) is 2.29. The Kier molecular flexibility index (Phi) is 7.56. The van der Waals surface area contributed by atoms with Crippen LogP contribution in [0.25, 0.3) is 0 Å². The van der Waals surface area contributed by atoms with Gasteiger partial charge in [0.05, 0.1) is 0 Å². The van der Waals surface area contributed by atoms with Crippen molar-refractivity contribution in [3.05, 3.63) is 11.6 Å². The van der Waals surface area contributed by atoms with Crippen molar-refractivity contribution in [2.24, 2.45) is 5.41 Å². The molecule has 0 amide bonds. The van der Waals surface area contributed by atoms with Gasteiger partial charge in [-0.15, -0.1) is 0 Å². The number of allylic oxidation sites excluding steroid dienone is 1. The summed E-state index contributed by atoms with van der Waals surface area (Å²) in [6.45, 7) is 9.19. The highest BCUT2D eigenvalue weighted by atomic mass is 16.5. The van der Waals surface area contributed by atoms with Gasteiger partial charge in [-0.3, -0.25) is 4.79 Å². The van der Waals surface area contributed by atoms with E-state index >= 15 is 0 Å². The van der Waals surface area contributed by atoms with Crippen LogP contribution in [0.1, 0.15) is 60.3 Å². The second kappa shape index (κ2) is 8.06. The molecule has 0 N–H and O–H groups in total. The lowest BCUT2D eigenvalue weighted by molar-refractivity contribution is -0.146. The molecule has 0 aliphatic carbocycles. The second-order valence-electron chi connectivity index (χ2n) is 5.63. The highest BCUT2D eigenvalue weighted by Gasteiger charge is 2.22. The van der Waals surface area contributed by atoms with Crippen LogP contribution >= 0.6 is 0 Å². The number of esters is 1. The zero-order valence-electron chi connectivity index (χ0n) is 12.3. The molecular weight excluding hydrogens is 228 g/mol. The van der Waals surface area contributed by atoms with Gasteiger partial charge in [-0.05, 0) is 19.8 Å². The van der Waals surface area contributed by atoms with Crippen LogP contribution in [-0.4, -0.2) is 18.4 Å². The van der Waals surface area contributed by atoms with E-state index in [1.54, 1.807) is 6.92 Å². The minimum absolute atomic E-state index is 0.0605. The molecule has 104 valence electrons. The molecule has 18 heavy (non-hydrogen) atoms. The third kappa shape index (κ3) is 7.25. The Labute approximate surface area is 111 Å². The monoisotopic (exact) mass is 254 g/mol. The van der Waals surface area contributed by atoms with Crippen molar-refractivity contribution in [3.63, 3.8) is 0 Å². The predicted octanol–water partition coefficient (Wildman–Crippen LogP) is 3.67. The highest BCUT2D eigenvalue weighted by Crippen LogP contribution is 2.14. The summed E-state index contributed by atoms with van der Waals surface area (Å²) in [5, 5.41) is 0. The van der Waals surface area contributed by atoms with Gasteiger partial charge in [0.15, 0.2) is 12.4 Å². The fraction of sp³-hybridized carbons (Fsp3) is 0.733. The Morgan fingerprint density at radius 1 is 1.17 bits per heavy atom. The lowest BCUT2D eigenvalue weighted by atomic mass is 9.91. The standard InChI is InChI=1S/C15H26O3/c1-6-7-8-9-10-12(2)14(17)18-11-13(16)15(3,4)5/h10H,6-9,11H2,1-5H3. The van der Waals surface area contributed by atoms with Crippen LogP contribution in [0.4, 0.5) is 0 Å². The first-order valence-electron chi connectivity index (χ1n) is 6.66. The summed E-state index contributed by atoms with van der Waals surface area (Å²) in [6, 6.07) is 0. The highest BCUT2D eigenvalue weighted by molar-refractivity contribution is 5.91. The topological polar surface area (TPSA) is 43.4 Å². The van der Waals surface area contributed by atoms with Crippen LogP contribution in [0.5, 0.6) is 0 Å². The summed E-state index contributed by atoms with van der Waals surface area (Å²) in [5.41, 5.74) is 0.131. The number of hydrogen-bond donors (Lipinski definition) is 0. The molecular formula is C15H26O3. The van der Waals surface area contributed by atoms with Crippen molar-refractivity contribution in [2.45, 2.75) is 60.3 Å². The van der Waals surface area contributed by atoms with E-state index in [0.29, 0.717) is 5.57 Å². The molecule has 3 nitrogen and oxygen atoms in total. The normalized spacial score (nSPS) is 12.4. The molecule has 0 aromatic rings. The van der Waals surface area contributed by atoms with Gasteiger partial charge in [0.2, 0.25) is 0 Å². The summed E-state index contributed by atoms with van der Waals surface area (Å²) in [4.78, 5) is 23.2. The second-order valence-corrected chi connectivity index (χ2v) is 5.63. The number of Topliss-reactive ketones (excluding diaryl/α,β-unsaturated/α-hetero) is 1. The first-order chi connectivity index (χ1) is 8.29. The number of rotatable bonds is 7. The number of carbonyl (C=O) groups excluding carboxylic acids is 2. The predicted molar refractivity (Wildman–Crippen MR) is 73.3 cm³/mol. The van der Waals surface area contributed by atoms with E-state index in [1.165, 1.54) is 6.42 Å². The molecule has 0 saturated carbocycles. The fourth-order valence-corrected chi connectivity index (χ4v) is 1.26. The van der Waals surface area contributed by atoms with Gasteiger partial charge in [-0.1, -0.05) is 46.6 Å². The molecule has 0 bridgehead atoms. The SMILES string of the molecule is CCCCCC=C(C)C(=O)OCC(=O)C(C)(C)C. The quantitative estimate of drug-likeness (QED) is 0.395. The zero-order valence-corrected chi connectivity index (χ0v) is 12.3. The molecule has 0 aliphatic heterocycles. The maximum Gasteiger partial charge on any atom is 0.333 e. The molecule has 0 atom stereocenters. The minimum Gasteiger partial charge on any atom is -0.454 e. The number of hydrogen-bond acceptors (Lipinski definition) is 3. The Morgan fingerprint density at radius 2 is 1.78 bits per heavy atom. The first kappa shape index (κ1) is 16.9. The first-order valence-corrected chi connectivity index (χ1v) is 6.66. The Bertz CT molecular complexity index is 308. The van der Waals surface area contributed by atoms with E-state index in [9.17, 15) is 9.59 Å². The van der Waals surface area contributed by atoms with E-state index in [0.717, 1.165) is 19.3 Å². The third-order valence-electron chi connectivity index (χ3n) is 2.75. The Hall–Kier alpha value is -1.12. The molecule has 0 aliphatic rings. The maximum atomic E-state index is 11.6. The fourth-order valence-electron chi connectivity index (χ4n) is 1.26. The van der Waals surface area contributed by atoms with E-state index in [2.05, 4.69) is 6.92 Å². The molecule has 0 aromatic carbocycles. The molecule has 0 unspecified atom stereocenters. The zero-order chi connectivity index (χ0) is 14.2. The lowest BCUT2D eigenvalue weighted by Crippen LogP contribution is -2.26. The summed E-state index contributed by atoms with van der Waals surface area (Å²) in [7, 11) is 0. The van der Waals surface area contributed by atoms with Crippen LogP contribution in [0.15, 0.2) is 11.6 Å². The van der Waals surface area contributed by atoms with Crippen LogP contribution in [-0.2, 0) is 14.3 Å². The molecule has 0 saturated heterocycles. The van der Waals surface area contributed by atoms with Crippen LogP contribution in [0.3, 0.4) is 0 Å². The van der Waals surface area contributed by atoms with Crippen molar-refractivity contribution in [2.75, 3.05) is 6.61 Å². The summed E-state index contributed by atoms with van der Waals surface area (Å²) < 4.78 is 4.99. The van der Waals surface area contributed by atoms with Gasteiger partial charge in [0, 0.05) is 11.0 Å². The minimum atomic E-state index is -0.459. The Morgan fingerprint density at radius 3 is 2.28 bits per heavy atom. The van der Waals surface area contributed by atoms with Crippen molar-refractivity contribution in [1.82, 2.24) is 0 Å². The largest absolute Gasteiger partial charge is 0.454 e. The maximum absolute atomic E-state index is 11.6. The molecule has 0 spiro atoms. The van der Waals surface area contributed by atoms with Gasteiger partial charge in [-0.2, -0.15) is 0 Å². The molecule has 0 fully saturated rings. The molecule has 0 heterocycles. The van der Waals surface area contributed by atoms with Gasteiger partial charge >= 0.3 is 5.97 Å². The summed E-state index contributed by atoms with van der Waals surface area (Å²) in [6.07, 6.45) is 6.20. The average molecular weight is 254 g/mol. The Balaban J connectivity index is 4.05. The number of carbonyl (C=O) groups is 2. The van der Waals surface area contributed by atoms with Crippen LogP contribution < -0.4 is 0 Å². The number of unbranched alkanes of at least 4 members (excludes halogenated alkanes) is 3. The van der Waals surface area contributed by atoms with E-state index in [4.69, 9.17) is 4.74 Å². The molecule has 0 rings (SSSR count). The summed E-state index contributed by atoms with van der Waals surface area (Å²) in [5.74, 6) is -0.446. The van der Waals surface area contributed by atoms with Crippen LogP contribution in [0.2, 0.25) is 0 Å². The number of ether oxygens (including phenoxy) is 1. The number of ketones is 1. The molecule has 3 heteroatoms. The van der Waals surface area contributed by atoms with Gasteiger partial charge < -0.3 is 4.74 Å². The van der Waals surface area contributed by atoms with Crippen molar-refractivity contribution in [1.29, 1.82) is 0 Å². The van der Waals surface area contributed by atoms with Gasteiger partial charge in [0.25, 0.3) is 0 Å². The lowest BCUT2D eigenvalue weighted by Gasteiger charge is -2.16.